The molecule has 0 aliphatic carbocycles. The molecule has 3 N–H and O–H groups in total. The van der Waals surface area contributed by atoms with Gasteiger partial charge in [0.2, 0.25) is 10.0 Å². The molecule has 0 fully saturated rings. The van der Waals surface area contributed by atoms with Crippen molar-refractivity contribution >= 4 is 31.6 Å². The Balaban J connectivity index is 2.98. The molecule has 0 amide bonds. The number of sulfonamides is 1. The van der Waals surface area contributed by atoms with E-state index in [9.17, 15) is 12.8 Å². The number of nitrogen functional groups attached to an aromatic ring is 1. The largest absolute Gasteiger partial charge is 0.398 e. The highest BCUT2D eigenvalue weighted by molar-refractivity contribution is 9.10. The monoisotopic (exact) mass is 354 g/mol. The highest BCUT2D eigenvalue weighted by Crippen LogP contribution is 2.26. The molecule has 0 saturated heterocycles. The van der Waals surface area contributed by atoms with Crippen molar-refractivity contribution in [1.29, 1.82) is 0 Å². The van der Waals surface area contributed by atoms with Gasteiger partial charge in [0.1, 0.15) is 10.7 Å². The first-order valence-corrected chi connectivity index (χ1v) is 7.81. The predicted octanol–water partition coefficient (Wildman–Crippen LogP) is 1.87. The Labute approximate surface area is 120 Å². The average Bonchev–Trinajstić information content (AvgIpc) is 2.30. The summed E-state index contributed by atoms with van der Waals surface area (Å²) < 4.78 is 44.8. The lowest BCUT2D eigenvalue weighted by molar-refractivity contribution is 0.188. The number of halogens is 2. The maximum absolute atomic E-state index is 13.2. The summed E-state index contributed by atoms with van der Waals surface area (Å²) in [5.41, 5.74) is 5.42. The molecule has 1 rings (SSSR count). The molecule has 0 radical (unpaired) electrons. The fraction of sp³-hybridized carbons (Fsp3) is 0.455. The van der Waals surface area contributed by atoms with Crippen LogP contribution in [-0.2, 0) is 14.8 Å². The summed E-state index contributed by atoms with van der Waals surface area (Å²) >= 11 is 2.94. The molecule has 1 aromatic carbocycles. The molecule has 1 atom stereocenters. The van der Waals surface area contributed by atoms with Crippen LogP contribution in [0.2, 0.25) is 0 Å². The SMILES string of the molecule is COCCC(C)NS(=O)(=O)c1cc(Br)c(F)cc1N. The van der Waals surface area contributed by atoms with Crippen LogP contribution in [0.4, 0.5) is 10.1 Å². The lowest BCUT2D eigenvalue weighted by Crippen LogP contribution is -2.33. The van der Waals surface area contributed by atoms with Crippen LogP contribution in [0.5, 0.6) is 0 Å². The molecular formula is C11H16BrFN2O3S. The first-order chi connectivity index (χ1) is 8.77. The zero-order valence-electron chi connectivity index (χ0n) is 10.6. The van der Waals surface area contributed by atoms with Gasteiger partial charge in [0, 0.05) is 19.8 Å². The molecule has 5 nitrogen and oxygen atoms in total. The lowest BCUT2D eigenvalue weighted by atomic mass is 10.3. The second-order valence-electron chi connectivity index (χ2n) is 4.11. The van der Waals surface area contributed by atoms with Gasteiger partial charge in [-0.15, -0.1) is 0 Å². The van der Waals surface area contributed by atoms with Gasteiger partial charge in [0.15, 0.2) is 0 Å². The number of hydrogen-bond acceptors (Lipinski definition) is 4. The molecule has 0 spiro atoms. The van der Waals surface area contributed by atoms with Crippen LogP contribution in [0.15, 0.2) is 21.5 Å². The molecule has 0 aliphatic rings. The fourth-order valence-corrected chi connectivity index (χ4v) is 3.37. The van der Waals surface area contributed by atoms with Gasteiger partial charge < -0.3 is 10.5 Å². The van der Waals surface area contributed by atoms with Crippen LogP contribution in [0, 0.1) is 5.82 Å². The van der Waals surface area contributed by atoms with Gasteiger partial charge in [-0.05, 0) is 41.4 Å². The number of nitrogens with one attached hydrogen (secondary N) is 1. The molecule has 0 aromatic heterocycles. The minimum absolute atomic E-state index is 0.0478. The average molecular weight is 355 g/mol. The Morgan fingerprint density at radius 3 is 2.74 bits per heavy atom. The molecular weight excluding hydrogens is 339 g/mol. The molecule has 19 heavy (non-hydrogen) atoms. The predicted molar refractivity (Wildman–Crippen MR) is 74.8 cm³/mol. The first-order valence-electron chi connectivity index (χ1n) is 5.53. The number of ether oxygens (including phenoxy) is 1. The van der Waals surface area contributed by atoms with E-state index in [-0.39, 0.29) is 21.1 Å². The first kappa shape index (κ1) is 16.4. The maximum Gasteiger partial charge on any atom is 0.242 e. The van der Waals surface area contributed by atoms with E-state index in [0.717, 1.165) is 12.1 Å². The van der Waals surface area contributed by atoms with Crippen LogP contribution in [0.25, 0.3) is 0 Å². The number of nitrogens with two attached hydrogens (primary N) is 1. The van der Waals surface area contributed by atoms with Crippen molar-refractivity contribution in [2.75, 3.05) is 19.5 Å². The number of hydrogen-bond donors (Lipinski definition) is 2. The van der Waals surface area contributed by atoms with Crippen LogP contribution < -0.4 is 10.5 Å². The van der Waals surface area contributed by atoms with Crippen molar-refractivity contribution < 1.29 is 17.5 Å². The van der Waals surface area contributed by atoms with E-state index in [1.54, 1.807) is 6.92 Å². The summed E-state index contributed by atoms with van der Waals surface area (Å²) in [7, 11) is -2.25. The van der Waals surface area contributed by atoms with Crippen molar-refractivity contribution in [2.45, 2.75) is 24.3 Å². The second kappa shape index (κ2) is 6.65. The molecule has 0 saturated carbocycles. The fourth-order valence-electron chi connectivity index (χ4n) is 1.46. The van der Waals surface area contributed by atoms with Crippen molar-refractivity contribution in [2.24, 2.45) is 0 Å². The van der Waals surface area contributed by atoms with Gasteiger partial charge in [-0.1, -0.05) is 0 Å². The van der Waals surface area contributed by atoms with Crippen LogP contribution in [-0.4, -0.2) is 28.2 Å². The van der Waals surface area contributed by atoms with Crippen LogP contribution in [0.1, 0.15) is 13.3 Å². The molecule has 0 bridgehead atoms. The number of benzene rings is 1. The van der Waals surface area contributed by atoms with Crippen LogP contribution >= 0.6 is 15.9 Å². The molecule has 1 aromatic rings. The summed E-state index contributed by atoms with van der Waals surface area (Å²) in [6, 6.07) is 1.81. The molecule has 1 unspecified atom stereocenters. The highest BCUT2D eigenvalue weighted by Gasteiger charge is 2.21. The Bertz CT molecular complexity index is 551. The lowest BCUT2D eigenvalue weighted by Gasteiger charge is -2.15. The van der Waals surface area contributed by atoms with Gasteiger partial charge in [0.25, 0.3) is 0 Å². The van der Waals surface area contributed by atoms with E-state index in [1.807, 2.05) is 0 Å². The van der Waals surface area contributed by atoms with Crippen molar-refractivity contribution in [3.05, 3.63) is 22.4 Å². The Hall–Kier alpha value is -0.700. The Morgan fingerprint density at radius 1 is 1.53 bits per heavy atom. The number of methoxy groups -OCH3 is 1. The third kappa shape index (κ3) is 4.41. The van der Waals surface area contributed by atoms with Crippen molar-refractivity contribution in [1.82, 2.24) is 4.72 Å². The second-order valence-corrected chi connectivity index (χ2v) is 6.64. The standard InChI is InChI=1S/C11H16BrFN2O3S/c1-7(3-4-18-2)15-19(16,17)11-5-8(12)9(13)6-10(11)14/h5-7,15H,3-4,14H2,1-2H3. The minimum atomic E-state index is -3.79. The zero-order chi connectivity index (χ0) is 14.6. The number of rotatable bonds is 6. The van der Waals surface area contributed by atoms with E-state index in [1.165, 1.54) is 7.11 Å². The highest BCUT2D eigenvalue weighted by atomic mass is 79.9. The molecule has 0 heterocycles. The van der Waals surface area contributed by atoms with Gasteiger partial charge >= 0.3 is 0 Å². The van der Waals surface area contributed by atoms with E-state index in [4.69, 9.17) is 10.5 Å². The van der Waals surface area contributed by atoms with Crippen molar-refractivity contribution in [3.63, 3.8) is 0 Å². The van der Waals surface area contributed by atoms with E-state index < -0.39 is 15.8 Å². The third-order valence-corrected chi connectivity index (χ3v) is 4.71. The normalized spacial score (nSPS) is 13.5. The van der Waals surface area contributed by atoms with Crippen molar-refractivity contribution in [3.8, 4) is 0 Å². The Morgan fingerprint density at radius 2 is 2.16 bits per heavy atom. The minimum Gasteiger partial charge on any atom is -0.398 e. The summed E-state index contributed by atoms with van der Waals surface area (Å²) in [6.45, 7) is 2.15. The van der Waals surface area contributed by atoms with Crippen LogP contribution in [0.3, 0.4) is 0 Å². The van der Waals surface area contributed by atoms with E-state index in [0.29, 0.717) is 13.0 Å². The van der Waals surface area contributed by atoms with Gasteiger partial charge in [-0.25, -0.2) is 17.5 Å². The Kier molecular flexibility index (Phi) is 5.72. The third-order valence-electron chi connectivity index (χ3n) is 2.45. The van der Waals surface area contributed by atoms with Gasteiger partial charge in [0.05, 0.1) is 10.2 Å². The molecule has 108 valence electrons. The quantitative estimate of drug-likeness (QED) is 0.764. The zero-order valence-corrected chi connectivity index (χ0v) is 13.0. The molecule has 8 heteroatoms. The topological polar surface area (TPSA) is 81.4 Å². The summed E-state index contributed by atoms with van der Waals surface area (Å²) in [5, 5.41) is 0. The number of anilines is 1. The summed E-state index contributed by atoms with van der Waals surface area (Å²) in [5.74, 6) is -0.608. The maximum atomic E-state index is 13.2. The summed E-state index contributed by atoms with van der Waals surface area (Å²) in [6.07, 6.45) is 0.526. The molecule has 0 aliphatic heterocycles. The van der Waals surface area contributed by atoms with E-state index in [2.05, 4.69) is 20.7 Å². The smallest absolute Gasteiger partial charge is 0.242 e. The summed E-state index contributed by atoms with van der Waals surface area (Å²) in [4.78, 5) is -0.148. The van der Waals surface area contributed by atoms with Gasteiger partial charge in [-0.2, -0.15) is 0 Å². The van der Waals surface area contributed by atoms with E-state index >= 15 is 0 Å². The van der Waals surface area contributed by atoms with Gasteiger partial charge in [-0.3, -0.25) is 0 Å².